The third-order valence-corrected chi connectivity index (χ3v) is 4.02. The van der Waals surface area contributed by atoms with Gasteiger partial charge in [0.15, 0.2) is 0 Å². The van der Waals surface area contributed by atoms with Gasteiger partial charge in [0.2, 0.25) is 0 Å². The molecular weight excluding hydrogens is 216 g/mol. The zero-order valence-corrected chi connectivity index (χ0v) is 9.45. The lowest BCUT2D eigenvalue weighted by atomic mass is 10.00. The second kappa shape index (κ2) is 3.61. The van der Waals surface area contributed by atoms with Crippen LogP contribution in [0.15, 0.2) is 23.6 Å². The third kappa shape index (κ3) is 1.38. The summed E-state index contributed by atoms with van der Waals surface area (Å²) in [6, 6.07) is 3.89. The molecule has 0 aromatic heterocycles. The summed E-state index contributed by atoms with van der Waals surface area (Å²) in [6.07, 6.45) is 0.936. The van der Waals surface area contributed by atoms with E-state index in [1.807, 2.05) is 12.1 Å². The van der Waals surface area contributed by atoms with Crippen molar-refractivity contribution in [2.45, 2.75) is 23.7 Å². The quantitative estimate of drug-likeness (QED) is 0.793. The van der Waals surface area contributed by atoms with Crippen LogP contribution in [0.4, 0.5) is 0 Å². The monoisotopic (exact) mass is 226 g/mol. The molecule has 0 spiro atoms. The van der Waals surface area contributed by atoms with E-state index < -0.39 is 5.44 Å². The maximum atomic E-state index is 9.67. The van der Waals surface area contributed by atoms with Gasteiger partial charge in [0, 0.05) is 4.90 Å². The highest BCUT2D eigenvalue weighted by Crippen LogP contribution is 2.47. The number of hydrogen-bond donors (Lipinski definition) is 1. The van der Waals surface area contributed by atoms with Gasteiger partial charge in [-0.15, -0.1) is 0 Å². The highest BCUT2D eigenvalue weighted by Gasteiger charge is 2.28. The van der Waals surface area contributed by atoms with Crippen molar-refractivity contribution in [2.24, 2.45) is 0 Å². The van der Waals surface area contributed by atoms with Crippen molar-refractivity contribution in [3.63, 3.8) is 0 Å². The Morgan fingerprint density at radius 1 is 1.57 bits per heavy atom. The van der Waals surface area contributed by atoms with E-state index in [1.165, 1.54) is 17.3 Å². The van der Waals surface area contributed by atoms with Crippen molar-refractivity contribution in [3.05, 3.63) is 34.9 Å². The maximum absolute atomic E-state index is 9.67. The maximum Gasteiger partial charge on any atom is 0.129 e. The van der Waals surface area contributed by atoms with Crippen LogP contribution in [0.1, 0.15) is 18.1 Å². The van der Waals surface area contributed by atoms with Crippen LogP contribution >= 0.6 is 23.4 Å². The molecule has 1 N–H and O–H groups in total. The fourth-order valence-corrected chi connectivity index (χ4v) is 3.00. The van der Waals surface area contributed by atoms with Gasteiger partial charge in [0.25, 0.3) is 0 Å². The third-order valence-electron chi connectivity index (χ3n) is 2.43. The Kier molecular flexibility index (Phi) is 2.60. The minimum Gasteiger partial charge on any atom is -0.378 e. The van der Waals surface area contributed by atoms with E-state index >= 15 is 0 Å². The molecule has 0 aliphatic carbocycles. The van der Waals surface area contributed by atoms with Gasteiger partial charge in [0.1, 0.15) is 5.44 Å². The lowest BCUT2D eigenvalue weighted by Crippen LogP contribution is -1.96. The van der Waals surface area contributed by atoms with Crippen LogP contribution in [0.2, 0.25) is 5.02 Å². The topological polar surface area (TPSA) is 20.2 Å². The van der Waals surface area contributed by atoms with Crippen LogP contribution < -0.4 is 0 Å². The number of fused-ring (bicyclic) bond motifs is 1. The van der Waals surface area contributed by atoms with Crippen molar-refractivity contribution < 1.29 is 5.11 Å². The van der Waals surface area contributed by atoms with Gasteiger partial charge in [-0.05, 0) is 29.2 Å². The molecule has 3 heteroatoms. The largest absolute Gasteiger partial charge is 0.378 e. The average Bonchev–Trinajstić information content (AvgIpc) is 2.47. The molecule has 0 fully saturated rings. The Morgan fingerprint density at radius 2 is 2.29 bits per heavy atom. The van der Waals surface area contributed by atoms with Crippen molar-refractivity contribution >= 4 is 28.9 Å². The molecule has 1 heterocycles. The lowest BCUT2D eigenvalue weighted by Gasteiger charge is -2.07. The molecule has 1 nitrogen and oxygen atoms in total. The first-order chi connectivity index (χ1) is 6.65. The average molecular weight is 227 g/mol. The first-order valence-corrected chi connectivity index (χ1v) is 5.76. The fraction of sp³-hybridized carbons (Fsp3) is 0.273. The van der Waals surface area contributed by atoms with Gasteiger partial charge in [-0.3, -0.25) is 0 Å². The number of halogens is 1. The predicted molar refractivity (Wildman–Crippen MR) is 61.7 cm³/mol. The summed E-state index contributed by atoms with van der Waals surface area (Å²) in [5.74, 6) is 0. The van der Waals surface area contributed by atoms with E-state index in [0.717, 1.165) is 22.5 Å². The summed E-state index contributed by atoms with van der Waals surface area (Å²) in [7, 11) is 0. The Balaban J connectivity index is 2.65. The smallest absolute Gasteiger partial charge is 0.129 e. The molecular formula is C11H11ClOS. The van der Waals surface area contributed by atoms with Gasteiger partial charge >= 0.3 is 0 Å². The van der Waals surface area contributed by atoms with Gasteiger partial charge < -0.3 is 5.11 Å². The first-order valence-electron chi connectivity index (χ1n) is 4.50. The molecule has 0 amide bonds. The molecule has 0 radical (unpaired) electrons. The minimum atomic E-state index is -0.532. The van der Waals surface area contributed by atoms with Crippen molar-refractivity contribution in [3.8, 4) is 0 Å². The molecule has 1 atom stereocenters. The van der Waals surface area contributed by atoms with Crippen molar-refractivity contribution in [1.29, 1.82) is 0 Å². The Morgan fingerprint density at radius 3 is 2.93 bits per heavy atom. The van der Waals surface area contributed by atoms with Crippen LogP contribution in [0.3, 0.4) is 0 Å². The molecule has 14 heavy (non-hydrogen) atoms. The van der Waals surface area contributed by atoms with Gasteiger partial charge in [-0.25, -0.2) is 0 Å². The van der Waals surface area contributed by atoms with Gasteiger partial charge in [-0.2, -0.15) is 0 Å². The molecule has 0 saturated heterocycles. The second-order valence-electron chi connectivity index (χ2n) is 3.26. The lowest BCUT2D eigenvalue weighted by molar-refractivity contribution is 0.320. The fourth-order valence-electron chi connectivity index (χ4n) is 1.67. The summed E-state index contributed by atoms with van der Waals surface area (Å²) < 4.78 is 0. The summed E-state index contributed by atoms with van der Waals surface area (Å²) in [6.45, 7) is 5.99. The molecule has 1 aromatic carbocycles. The van der Waals surface area contributed by atoms with Crippen LogP contribution in [0.25, 0.3) is 5.57 Å². The summed E-state index contributed by atoms with van der Waals surface area (Å²) >= 11 is 7.44. The van der Waals surface area contributed by atoms with Crippen LogP contribution in [-0.2, 0) is 6.42 Å². The number of aliphatic hydroxyl groups is 1. The molecule has 74 valence electrons. The molecule has 1 aliphatic heterocycles. The van der Waals surface area contributed by atoms with E-state index in [1.54, 1.807) is 0 Å². The highest BCUT2D eigenvalue weighted by molar-refractivity contribution is 8.00. The van der Waals surface area contributed by atoms with Crippen molar-refractivity contribution in [2.75, 3.05) is 0 Å². The number of aliphatic hydroxyl groups excluding tert-OH is 1. The van der Waals surface area contributed by atoms with E-state index in [2.05, 4.69) is 13.5 Å². The Labute approximate surface area is 92.8 Å². The summed E-state index contributed by atoms with van der Waals surface area (Å²) in [5.41, 5.74) is 2.51. The summed E-state index contributed by atoms with van der Waals surface area (Å²) in [5, 5.41) is 10.4. The van der Waals surface area contributed by atoms with E-state index in [0.29, 0.717) is 5.02 Å². The predicted octanol–water partition coefficient (Wildman–Crippen LogP) is 3.34. The molecule has 2 rings (SSSR count). The highest BCUT2D eigenvalue weighted by atomic mass is 35.5. The number of thioether (sulfide) groups is 1. The minimum absolute atomic E-state index is 0.532. The number of benzene rings is 1. The number of hydrogen-bond acceptors (Lipinski definition) is 2. The SMILES string of the molecule is C=C1c2c(CC)ccc(Cl)c2SC1O. The second-order valence-corrected chi connectivity index (χ2v) is 4.76. The van der Waals surface area contributed by atoms with Gasteiger partial charge in [0.05, 0.1) is 5.02 Å². The van der Waals surface area contributed by atoms with Crippen LogP contribution in [-0.4, -0.2) is 10.5 Å². The zero-order valence-electron chi connectivity index (χ0n) is 7.88. The summed E-state index contributed by atoms with van der Waals surface area (Å²) in [4.78, 5) is 0.975. The zero-order chi connectivity index (χ0) is 10.3. The van der Waals surface area contributed by atoms with Crippen LogP contribution in [0, 0.1) is 0 Å². The first kappa shape index (κ1) is 10.1. The van der Waals surface area contributed by atoms with Gasteiger partial charge in [-0.1, -0.05) is 42.9 Å². The molecule has 1 aromatic rings. The van der Waals surface area contributed by atoms with E-state index in [9.17, 15) is 5.11 Å². The van der Waals surface area contributed by atoms with Crippen molar-refractivity contribution in [1.82, 2.24) is 0 Å². The molecule has 1 aliphatic rings. The molecule has 0 saturated carbocycles. The number of aryl methyl sites for hydroxylation is 1. The normalized spacial score (nSPS) is 19.9. The standard InChI is InChI=1S/C11H11ClOS/c1-3-7-4-5-8(12)10-9(7)6(2)11(13)14-10/h4-5,11,13H,2-3H2,1H3. The Hall–Kier alpha value is -0.440. The Bertz CT molecular complexity index is 401. The molecule has 0 bridgehead atoms. The van der Waals surface area contributed by atoms with E-state index in [-0.39, 0.29) is 0 Å². The van der Waals surface area contributed by atoms with Crippen LogP contribution in [0.5, 0.6) is 0 Å². The molecule has 1 unspecified atom stereocenters. The van der Waals surface area contributed by atoms with E-state index in [4.69, 9.17) is 11.6 Å². The number of rotatable bonds is 1.